The van der Waals surface area contributed by atoms with E-state index in [1.54, 1.807) is 6.20 Å². The van der Waals surface area contributed by atoms with Crippen LogP contribution in [-0.4, -0.2) is 22.2 Å². The Morgan fingerprint density at radius 3 is 2.93 bits per heavy atom. The lowest BCUT2D eigenvalue weighted by Gasteiger charge is -1.95. The van der Waals surface area contributed by atoms with Crippen molar-refractivity contribution in [3.05, 3.63) is 21.9 Å². The average Bonchev–Trinajstić information content (AvgIpc) is 2.67. The Labute approximate surface area is 98.9 Å². The molecule has 0 aromatic carbocycles. The van der Waals surface area contributed by atoms with Crippen molar-refractivity contribution < 1.29 is 0 Å². The molecule has 2 aromatic heterocycles. The van der Waals surface area contributed by atoms with E-state index in [4.69, 9.17) is 0 Å². The fourth-order valence-corrected chi connectivity index (χ4v) is 2.46. The fourth-order valence-electron chi connectivity index (χ4n) is 0.963. The first-order valence-corrected chi connectivity index (χ1v) is 5.83. The van der Waals surface area contributed by atoms with Gasteiger partial charge in [-0.2, -0.15) is 0 Å². The minimum atomic E-state index is 0.807. The Hall–Kier alpha value is -0.760. The molecule has 2 rings (SSSR count). The van der Waals surface area contributed by atoms with Crippen molar-refractivity contribution in [2.45, 2.75) is 0 Å². The molecular weight excluding hydrogens is 311 g/mol. The summed E-state index contributed by atoms with van der Waals surface area (Å²) in [6.45, 7) is 0. The molecule has 0 spiro atoms. The van der Waals surface area contributed by atoms with Gasteiger partial charge in [0.05, 0.1) is 0 Å². The maximum Gasteiger partial charge on any atom is 0.205 e. The van der Waals surface area contributed by atoms with E-state index >= 15 is 0 Å². The van der Waals surface area contributed by atoms with Crippen molar-refractivity contribution in [2.24, 2.45) is 0 Å². The van der Waals surface area contributed by atoms with Gasteiger partial charge >= 0.3 is 0 Å². The predicted molar refractivity (Wildman–Crippen MR) is 65.4 cm³/mol. The van der Waals surface area contributed by atoms with Crippen molar-refractivity contribution in [3.63, 3.8) is 0 Å². The van der Waals surface area contributed by atoms with Gasteiger partial charge in [-0.05, 0) is 34.7 Å². The third-order valence-corrected chi connectivity index (χ3v) is 3.42. The second kappa shape index (κ2) is 4.18. The first-order chi connectivity index (χ1) is 6.81. The summed E-state index contributed by atoms with van der Waals surface area (Å²) in [5.74, 6) is 0. The van der Waals surface area contributed by atoms with E-state index in [9.17, 15) is 0 Å². The summed E-state index contributed by atoms with van der Waals surface area (Å²) < 4.78 is 1.09. The Morgan fingerprint density at radius 1 is 1.43 bits per heavy atom. The number of nitrogens with zero attached hydrogens (tertiary/aromatic N) is 3. The number of aromatic nitrogens is 3. The van der Waals surface area contributed by atoms with Crippen molar-refractivity contribution in [2.75, 3.05) is 12.4 Å². The molecule has 0 aliphatic carbocycles. The fraction of sp³-hybridized carbons (Fsp3) is 0.125. The molecule has 6 heteroatoms. The molecule has 0 aliphatic rings. The number of hydrogen-bond acceptors (Lipinski definition) is 5. The zero-order valence-corrected chi connectivity index (χ0v) is 10.3. The minimum absolute atomic E-state index is 0.807. The van der Waals surface area contributed by atoms with Crippen molar-refractivity contribution in [1.82, 2.24) is 15.2 Å². The van der Waals surface area contributed by atoms with Crippen molar-refractivity contribution in [3.8, 4) is 10.7 Å². The maximum absolute atomic E-state index is 4.27. The molecule has 2 aromatic rings. The standard InChI is InChI=1S/C8H7IN4S/c1-10-8-13-12-7(14-8)6-5(9)3-2-4-11-6/h2-4H,1H3,(H,10,13). The second-order valence-electron chi connectivity index (χ2n) is 2.50. The Balaban J connectivity index is 2.44. The van der Waals surface area contributed by atoms with Crippen LogP contribution in [0.15, 0.2) is 18.3 Å². The van der Waals surface area contributed by atoms with Gasteiger partial charge in [-0.3, -0.25) is 4.98 Å². The van der Waals surface area contributed by atoms with E-state index in [0.29, 0.717) is 0 Å². The molecule has 0 radical (unpaired) electrons. The van der Waals surface area contributed by atoms with Crippen LogP contribution in [0, 0.1) is 3.57 Å². The van der Waals surface area contributed by atoms with E-state index in [-0.39, 0.29) is 0 Å². The van der Waals surface area contributed by atoms with Gasteiger partial charge in [-0.1, -0.05) is 11.3 Å². The van der Waals surface area contributed by atoms with Crippen LogP contribution in [0.4, 0.5) is 5.13 Å². The molecule has 2 heterocycles. The monoisotopic (exact) mass is 318 g/mol. The minimum Gasteiger partial charge on any atom is -0.363 e. The van der Waals surface area contributed by atoms with Gasteiger partial charge in [-0.25, -0.2) is 0 Å². The topological polar surface area (TPSA) is 50.7 Å². The van der Waals surface area contributed by atoms with Crippen LogP contribution in [0.2, 0.25) is 0 Å². The molecule has 0 amide bonds. The van der Waals surface area contributed by atoms with Crippen LogP contribution in [0.25, 0.3) is 10.7 Å². The highest BCUT2D eigenvalue weighted by Crippen LogP contribution is 2.27. The van der Waals surface area contributed by atoms with E-state index in [1.165, 1.54) is 11.3 Å². The molecule has 0 unspecified atom stereocenters. The smallest absolute Gasteiger partial charge is 0.205 e. The Kier molecular flexibility index (Phi) is 2.92. The summed E-state index contributed by atoms with van der Waals surface area (Å²) in [4.78, 5) is 4.27. The summed E-state index contributed by atoms with van der Waals surface area (Å²) in [5.41, 5.74) is 0.895. The quantitative estimate of drug-likeness (QED) is 0.863. The van der Waals surface area contributed by atoms with Gasteiger partial charge in [0.25, 0.3) is 0 Å². The van der Waals surface area contributed by atoms with E-state index in [0.717, 1.165) is 19.4 Å². The molecule has 0 saturated heterocycles. The molecule has 4 nitrogen and oxygen atoms in total. The highest BCUT2D eigenvalue weighted by atomic mass is 127. The largest absolute Gasteiger partial charge is 0.363 e. The summed E-state index contributed by atoms with van der Waals surface area (Å²) in [5, 5.41) is 12.6. The third kappa shape index (κ3) is 1.85. The maximum atomic E-state index is 4.27. The first kappa shape index (κ1) is 9.78. The SMILES string of the molecule is CNc1nnc(-c2ncccc2I)s1. The second-order valence-corrected chi connectivity index (χ2v) is 4.64. The molecule has 0 aliphatic heterocycles. The Bertz CT molecular complexity index is 442. The van der Waals surface area contributed by atoms with E-state index < -0.39 is 0 Å². The van der Waals surface area contributed by atoms with Crippen LogP contribution in [0.1, 0.15) is 0 Å². The number of rotatable bonds is 2. The number of nitrogens with one attached hydrogen (secondary N) is 1. The lowest BCUT2D eigenvalue weighted by molar-refractivity contribution is 1.08. The highest BCUT2D eigenvalue weighted by molar-refractivity contribution is 14.1. The number of anilines is 1. The number of pyridine rings is 1. The molecule has 14 heavy (non-hydrogen) atoms. The van der Waals surface area contributed by atoms with Gasteiger partial charge in [0.2, 0.25) is 5.13 Å². The van der Waals surface area contributed by atoms with Gasteiger partial charge in [0, 0.05) is 16.8 Å². The lowest BCUT2D eigenvalue weighted by atomic mass is 10.4. The van der Waals surface area contributed by atoms with Crippen molar-refractivity contribution in [1.29, 1.82) is 0 Å². The number of halogens is 1. The Morgan fingerprint density at radius 2 is 2.29 bits per heavy atom. The summed E-state index contributed by atoms with van der Waals surface area (Å²) in [6, 6.07) is 3.91. The first-order valence-electron chi connectivity index (χ1n) is 3.93. The zero-order chi connectivity index (χ0) is 9.97. The van der Waals surface area contributed by atoms with E-state index in [1.807, 2.05) is 19.2 Å². The summed E-state index contributed by atoms with van der Waals surface area (Å²) >= 11 is 3.74. The van der Waals surface area contributed by atoms with E-state index in [2.05, 4.69) is 43.1 Å². The van der Waals surface area contributed by atoms with Gasteiger partial charge < -0.3 is 5.32 Å². The zero-order valence-electron chi connectivity index (χ0n) is 7.36. The molecule has 0 bridgehead atoms. The molecular formula is C8H7IN4S. The molecule has 72 valence electrons. The lowest BCUT2D eigenvalue weighted by Crippen LogP contribution is -1.86. The molecule has 0 saturated carbocycles. The third-order valence-electron chi connectivity index (χ3n) is 1.60. The molecule has 1 N–H and O–H groups in total. The number of hydrogen-bond donors (Lipinski definition) is 1. The van der Waals surface area contributed by atoms with Gasteiger partial charge in [0.15, 0.2) is 5.01 Å². The van der Waals surface area contributed by atoms with Crippen LogP contribution in [0.5, 0.6) is 0 Å². The van der Waals surface area contributed by atoms with Gasteiger partial charge in [-0.15, -0.1) is 10.2 Å². The molecule has 0 fully saturated rings. The molecule has 0 atom stereocenters. The summed E-state index contributed by atoms with van der Waals surface area (Å²) in [7, 11) is 1.83. The van der Waals surface area contributed by atoms with Crippen LogP contribution < -0.4 is 5.32 Å². The summed E-state index contributed by atoms with van der Waals surface area (Å²) in [6.07, 6.45) is 1.76. The van der Waals surface area contributed by atoms with Crippen LogP contribution in [0.3, 0.4) is 0 Å². The highest BCUT2D eigenvalue weighted by Gasteiger charge is 2.09. The predicted octanol–water partition coefficient (Wildman–Crippen LogP) is 2.25. The van der Waals surface area contributed by atoms with Crippen molar-refractivity contribution >= 4 is 39.1 Å². The normalized spacial score (nSPS) is 10.1. The van der Waals surface area contributed by atoms with Crippen LogP contribution in [-0.2, 0) is 0 Å². The van der Waals surface area contributed by atoms with Gasteiger partial charge in [0.1, 0.15) is 5.69 Å². The van der Waals surface area contributed by atoms with Crippen LogP contribution >= 0.6 is 33.9 Å². The average molecular weight is 318 g/mol.